The molecule has 3 heteroatoms. The van der Waals surface area contributed by atoms with Gasteiger partial charge in [-0.1, -0.05) is 353 Å². The Morgan fingerprint density at radius 1 is 0.186 bits per heavy atom. The van der Waals surface area contributed by atoms with Crippen LogP contribution in [0.5, 0.6) is 0 Å². The van der Waals surface area contributed by atoms with Crippen molar-refractivity contribution in [1.82, 2.24) is 4.57 Å². The Kier molecular flexibility index (Phi) is 16.0. The Morgan fingerprint density at radius 3 is 0.984 bits per heavy atom. The lowest BCUT2D eigenvalue weighted by Crippen LogP contribution is -2.16. The van der Waals surface area contributed by atoms with Crippen LogP contribution in [0.2, 0.25) is 0 Å². The topological polar surface area (TPSA) is 11.4 Å². The van der Waals surface area contributed by atoms with Crippen molar-refractivity contribution in [2.75, 3.05) is 9.80 Å². The summed E-state index contributed by atoms with van der Waals surface area (Å²) in [4.78, 5) is 4.85. The molecule has 0 bridgehead atoms. The maximum absolute atomic E-state index is 2.47. The van der Waals surface area contributed by atoms with E-state index in [1.807, 2.05) is 0 Å². The maximum Gasteiger partial charge on any atom is 0.0541 e. The van der Waals surface area contributed by atoms with Gasteiger partial charge in [0.2, 0.25) is 0 Å². The van der Waals surface area contributed by atoms with E-state index < -0.39 is 0 Å². The monoisotopic (exact) mass is 1650 g/mol. The Morgan fingerprint density at radius 2 is 0.512 bits per heavy atom. The molecule has 1 heterocycles. The molecule has 0 fully saturated rings. The number of rotatable bonds is 8. The lowest BCUT2D eigenvalue weighted by molar-refractivity contribution is 0.660. The van der Waals surface area contributed by atoms with Gasteiger partial charge < -0.3 is 14.4 Å². The highest BCUT2D eigenvalue weighted by molar-refractivity contribution is 6.32. The van der Waals surface area contributed by atoms with Gasteiger partial charge in [0.25, 0.3) is 0 Å². The lowest BCUT2D eigenvalue weighted by atomic mass is 9.80. The van der Waals surface area contributed by atoms with E-state index in [0.29, 0.717) is 0 Å². The molecule has 0 saturated carbocycles. The summed E-state index contributed by atoms with van der Waals surface area (Å²) in [6.07, 6.45) is 0. The van der Waals surface area contributed by atoms with E-state index in [9.17, 15) is 0 Å². The molecule has 28 rings (SSSR count). The largest absolute Gasteiger partial charge is 0.310 e. The molecule has 0 radical (unpaired) electrons. The number of benzene rings is 23. The number of fused-ring (bicyclic) bond motifs is 18. The van der Waals surface area contributed by atoms with Crippen molar-refractivity contribution in [2.45, 2.75) is 77.0 Å². The van der Waals surface area contributed by atoms with Gasteiger partial charge in [0.1, 0.15) is 0 Å². The zero-order valence-electron chi connectivity index (χ0n) is 73.5. The third-order valence-corrected chi connectivity index (χ3v) is 30.3. The first kappa shape index (κ1) is 75.0. The highest BCUT2D eigenvalue weighted by Gasteiger charge is 2.42. The minimum absolute atomic E-state index is 0.0149. The molecule has 0 spiro atoms. The van der Waals surface area contributed by atoms with Crippen LogP contribution in [0.3, 0.4) is 0 Å². The predicted octanol–water partition coefficient (Wildman–Crippen LogP) is 34.7. The smallest absolute Gasteiger partial charge is 0.0541 e. The molecule has 3 nitrogen and oxygen atoms in total. The standard InChI is InChI=1S/C46H35N.C43H29N.C37H27N/c1-45(2)37-16-10-8-14-32(37)33-24-21-31(27-39(33)45)47(30-12-6-5-7-13-30)41-25-20-28-18-23-36-43-29(19-22-35(41)42(28)43)26-40-44(36)34-15-9-11-17-38(34)46(40,3)4;1-43(2)36-14-8-6-13-33(36)42-34-22-17-26-16-20-30(32-21-18-28(25-37(42)43)41(34)40(26)32)27-19-23-39-35(24-27)31-12-7-9-15-38(31)44(39)29-10-4-3-5-11-29;1-37(2)31-16-10-9-15-28(31)36-30-21-17-24-19-22-33(29-20-18-25(23-32(36)37)35(30)34(24)29)38(26-11-5-3-6-12-26)27-13-7-4-8-14-27/h5-27H,1-4H3;3-25H,1-2H3;3-23H,1-2H3. The quantitative estimate of drug-likeness (QED) is 0.141. The van der Waals surface area contributed by atoms with Gasteiger partial charge in [-0.25, -0.2) is 0 Å². The van der Waals surface area contributed by atoms with Crippen LogP contribution in [0.1, 0.15) is 99.9 Å². The molecule has 0 aliphatic heterocycles. The summed E-state index contributed by atoms with van der Waals surface area (Å²) in [6.45, 7) is 19.0. The van der Waals surface area contributed by atoms with Crippen molar-refractivity contribution < 1.29 is 0 Å². The van der Waals surface area contributed by atoms with E-state index in [-0.39, 0.29) is 21.7 Å². The first-order chi connectivity index (χ1) is 63.1. The number of hydrogen-bond donors (Lipinski definition) is 0. The molecule has 0 amide bonds. The molecule has 610 valence electrons. The van der Waals surface area contributed by atoms with Gasteiger partial charge in [-0.2, -0.15) is 0 Å². The normalized spacial score (nSPS) is 14.3. The predicted molar refractivity (Wildman–Crippen MR) is 550 cm³/mol. The van der Waals surface area contributed by atoms with Gasteiger partial charge in [0.15, 0.2) is 0 Å². The fourth-order valence-corrected chi connectivity index (χ4v) is 24.2. The second kappa shape index (κ2) is 27.5. The second-order valence-corrected chi connectivity index (χ2v) is 38.5. The fourth-order valence-electron chi connectivity index (χ4n) is 24.2. The summed E-state index contributed by atoms with van der Waals surface area (Å²) in [5.41, 5.74) is 35.5. The van der Waals surface area contributed by atoms with E-state index >= 15 is 0 Å². The van der Waals surface area contributed by atoms with Crippen molar-refractivity contribution in [1.29, 1.82) is 0 Å². The van der Waals surface area contributed by atoms with E-state index in [1.165, 1.54) is 242 Å². The molecule has 129 heavy (non-hydrogen) atoms. The molecule has 4 aliphatic rings. The first-order valence-electron chi connectivity index (χ1n) is 45.7. The summed E-state index contributed by atoms with van der Waals surface area (Å²) in [7, 11) is 0. The second-order valence-electron chi connectivity index (χ2n) is 38.5. The zero-order valence-corrected chi connectivity index (χ0v) is 73.5. The Balaban J connectivity index is 0.000000103. The molecule has 0 saturated heterocycles. The van der Waals surface area contributed by atoms with E-state index in [4.69, 9.17) is 0 Å². The number of para-hydroxylation sites is 5. The van der Waals surface area contributed by atoms with Crippen LogP contribution in [0.15, 0.2) is 406 Å². The minimum atomic E-state index is -0.0720. The molecule has 0 N–H and O–H groups in total. The summed E-state index contributed by atoms with van der Waals surface area (Å²) in [5, 5.41) is 26.5. The number of nitrogens with zero attached hydrogens (tertiary/aromatic N) is 3. The van der Waals surface area contributed by atoms with Crippen LogP contribution < -0.4 is 9.80 Å². The molecule has 24 aromatic rings. The van der Waals surface area contributed by atoms with Crippen LogP contribution in [-0.2, 0) is 21.7 Å². The Bertz CT molecular complexity index is 8750. The first-order valence-corrected chi connectivity index (χ1v) is 45.7. The van der Waals surface area contributed by atoms with Crippen molar-refractivity contribution in [2.24, 2.45) is 0 Å². The highest BCUT2D eigenvalue weighted by Crippen LogP contribution is 2.60. The van der Waals surface area contributed by atoms with Gasteiger partial charge in [0.05, 0.1) is 22.4 Å². The van der Waals surface area contributed by atoms with E-state index in [2.05, 4.69) is 476 Å². The van der Waals surface area contributed by atoms with Crippen LogP contribution in [0.4, 0.5) is 34.1 Å². The van der Waals surface area contributed by atoms with Crippen molar-refractivity contribution in [3.05, 3.63) is 451 Å². The summed E-state index contributed by atoms with van der Waals surface area (Å²) in [5.74, 6) is 0. The zero-order chi connectivity index (χ0) is 86.2. The third-order valence-electron chi connectivity index (χ3n) is 30.3. The SMILES string of the molecule is CC1(C)c2ccccc2-c2c1cc1ccc3c(-c4ccc5c(c4)c4ccccc4n5-c4ccccc4)ccc4ccc2c1c43.CC1(C)c2ccccc2-c2c1cc1ccc3c(N(c4ccccc4)c4ccccc4)ccc4ccc2c1c43.CC1(C)c2ccccc2-c2ccc(N(c3ccccc3)c3ccc4ccc5c6c(cc7ccc3c4c75)C(C)(C)c3ccccc3-6)cc21. The molecule has 4 aliphatic carbocycles. The van der Waals surface area contributed by atoms with Gasteiger partial charge in [-0.15, -0.1) is 0 Å². The molecule has 1 aromatic heterocycles. The van der Waals surface area contributed by atoms with Crippen LogP contribution in [0, 0.1) is 0 Å². The fraction of sp³-hybridized carbons (Fsp3) is 0.0952. The molecule has 0 unspecified atom stereocenters. The number of hydrogen-bond acceptors (Lipinski definition) is 2. The van der Waals surface area contributed by atoms with Gasteiger partial charge in [-0.05, 0) is 296 Å². The summed E-state index contributed by atoms with van der Waals surface area (Å²) < 4.78 is 2.39. The van der Waals surface area contributed by atoms with E-state index in [1.54, 1.807) is 0 Å². The van der Waals surface area contributed by atoms with Gasteiger partial charge >= 0.3 is 0 Å². The van der Waals surface area contributed by atoms with Crippen molar-refractivity contribution >= 4 is 153 Å². The number of anilines is 6. The van der Waals surface area contributed by atoms with Crippen molar-refractivity contribution in [3.8, 4) is 61.3 Å². The number of aromatic nitrogens is 1. The molecule has 23 aromatic carbocycles. The average Bonchev–Trinajstić information content (AvgIpc) is 1.61. The summed E-state index contributed by atoms with van der Waals surface area (Å²) in [6, 6.07) is 151. The maximum atomic E-state index is 2.47. The van der Waals surface area contributed by atoms with Crippen LogP contribution in [-0.4, -0.2) is 4.57 Å². The van der Waals surface area contributed by atoms with Gasteiger partial charge in [0, 0.05) is 71.6 Å². The van der Waals surface area contributed by atoms with E-state index in [0.717, 1.165) is 17.1 Å². The summed E-state index contributed by atoms with van der Waals surface area (Å²) >= 11 is 0. The van der Waals surface area contributed by atoms with Crippen LogP contribution in [0.25, 0.3) is 180 Å². The minimum Gasteiger partial charge on any atom is -0.310 e. The van der Waals surface area contributed by atoms with Crippen LogP contribution >= 0.6 is 0 Å². The molecular formula is C126H91N3. The average molecular weight is 1650 g/mol. The Labute approximate surface area is 751 Å². The van der Waals surface area contributed by atoms with Gasteiger partial charge in [-0.3, -0.25) is 0 Å². The highest BCUT2D eigenvalue weighted by atomic mass is 15.1. The molecular weight excluding hydrogens is 1560 g/mol. The third kappa shape index (κ3) is 10.7. The molecule has 0 atom stereocenters. The Hall–Kier alpha value is -15.4. The van der Waals surface area contributed by atoms with Crippen molar-refractivity contribution in [3.63, 3.8) is 0 Å². The lowest BCUT2D eigenvalue weighted by Gasteiger charge is -2.29.